The molecular formula is C20H22N4O. The molecule has 1 aromatic heterocycles. The minimum atomic E-state index is -0.223. The van der Waals surface area contributed by atoms with E-state index in [1.807, 2.05) is 62.4 Å². The summed E-state index contributed by atoms with van der Waals surface area (Å²) in [6, 6.07) is 15.6. The molecule has 25 heavy (non-hydrogen) atoms. The average molecular weight is 334 g/mol. The van der Waals surface area contributed by atoms with E-state index in [1.54, 1.807) is 4.68 Å². The Morgan fingerprint density at radius 1 is 1.08 bits per heavy atom. The second kappa shape index (κ2) is 7.30. The first-order valence-corrected chi connectivity index (χ1v) is 8.49. The van der Waals surface area contributed by atoms with E-state index in [0.717, 1.165) is 41.0 Å². The number of amides is 1. The molecule has 1 heterocycles. The van der Waals surface area contributed by atoms with E-state index in [1.165, 1.54) is 0 Å². The number of hydrogen-bond acceptors (Lipinski definition) is 3. The molecule has 5 heteroatoms. The molecule has 128 valence electrons. The van der Waals surface area contributed by atoms with Crippen molar-refractivity contribution in [3.63, 3.8) is 0 Å². The molecule has 2 aromatic carbocycles. The molecule has 0 aliphatic carbocycles. The summed E-state index contributed by atoms with van der Waals surface area (Å²) >= 11 is 0. The zero-order valence-electron chi connectivity index (χ0n) is 14.8. The Kier molecular flexibility index (Phi) is 4.93. The van der Waals surface area contributed by atoms with Crippen LogP contribution in [-0.2, 0) is 6.42 Å². The van der Waals surface area contributed by atoms with E-state index in [0.29, 0.717) is 5.69 Å². The lowest BCUT2D eigenvalue weighted by Crippen LogP contribution is -2.16. The monoisotopic (exact) mass is 334 g/mol. The van der Waals surface area contributed by atoms with E-state index in [2.05, 4.69) is 22.6 Å². The fraction of sp³-hybridized carbons (Fsp3) is 0.250. The van der Waals surface area contributed by atoms with Gasteiger partial charge in [-0.15, -0.1) is 5.10 Å². The quantitative estimate of drug-likeness (QED) is 0.764. The summed E-state index contributed by atoms with van der Waals surface area (Å²) in [7, 11) is 0. The Morgan fingerprint density at radius 2 is 1.84 bits per heavy atom. The largest absolute Gasteiger partial charge is 0.320 e. The third kappa shape index (κ3) is 3.45. The van der Waals surface area contributed by atoms with Crippen molar-refractivity contribution in [2.75, 3.05) is 5.32 Å². The molecule has 0 saturated heterocycles. The Balaban J connectivity index is 1.95. The van der Waals surface area contributed by atoms with Crippen molar-refractivity contribution in [1.29, 1.82) is 0 Å². The van der Waals surface area contributed by atoms with Crippen LogP contribution in [0.2, 0.25) is 0 Å². The topological polar surface area (TPSA) is 59.8 Å². The van der Waals surface area contributed by atoms with Gasteiger partial charge in [0, 0.05) is 5.69 Å². The summed E-state index contributed by atoms with van der Waals surface area (Å²) in [5.74, 6) is -0.223. The number of carbonyl (C=O) groups excluding carboxylic acids is 1. The molecule has 0 fully saturated rings. The molecule has 0 aliphatic heterocycles. The van der Waals surface area contributed by atoms with Crippen LogP contribution in [0.1, 0.15) is 40.7 Å². The first-order chi connectivity index (χ1) is 12.1. The van der Waals surface area contributed by atoms with Gasteiger partial charge in [0.2, 0.25) is 0 Å². The fourth-order valence-corrected chi connectivity index (χ4v) is 2.78. The second-order valence-electron chi connectivity index (χ2n) is 6.08. The highest BCUT2D eigenvalue weighted by molar-refractivity contribution is 6.04. The van der Waals surface area contributed by atoms with Crippen LogP contribution in [0, 0.1) is 13.8 Å². The molecule has 0 radical (unpaired) electrons. The van der Waals surface area contributed by atoms with Gasteiger partial charge >= 0.3 is 0 Å². The standard InChI is InChI=1S/C20H22N4O/c1-4-9-18-19(22-23-24(18)16-11-6-5-7-12-16)20(25)21-17-13-8-10-14(2)15(17)3/h5-8,10-13H,4,9H2,1-3H3,(H,21,25). The number of aromatic nitrogens is 3. The highest BCUT2D eigenvalue weighted by Gasteiger charge is 2.20. The molecule has 1 N–H and O–H groups in total. The smallest absolute Gasteiger partial charge is 0.278 e. The van der Waals surface area contributed by atoms with Crippen molar-refractivity contribution in [2.45, 2.75) is 33.6 Å². The maximum atomic E-state index is 12.8. The van der Waals surface area contributed by atoms with Crippen LogP contribution in [0.25, 0.3) is 5.69 Å². The van der Waals surface area contributed by atoms with Gasteiger partial charge in [-0.2, -0.15) is 0 Å². The number of anilines is 1. The highest BCUT2D eigenvalue weighted by Crippen LogP contribution is 2.20. The first-order valence-electron chi connectivity index (χ1n) is 8.49. The van der Waals surface area contributed by atoms with Crippen molar-refractivity contribution in [3.05, 3.63) is 71.0 Å². The van der Waals surface area contributed by atoms with Gasteiger partial charge in [-0.1, -0.05) is 48.9 Å². The van der Waals surface area contributed by atoms with E-state index >= 15 is 0 Å². The van der Waals surface area contributed by atoms with Crippen LogP contribution in [0.15, 0.2) is 48.5 Å². The van der Waals surface area contributed by atoms with E-state index in [9.17, 15) is 4.79 Å². The number of para-hydroxylation sites is 1. The fourth-order valence-electron chi connectivity index (χ4n) is 2.78. The van der Waals surface area contributed by atoms with E-state index < -0.39 is 0 Å². The van der Waals surface area contributed by atoms with Crippen LogP contribution < -0.4 is 5.32 Å². The lowest BCUT2D eigenvalue weighted by Gasteiger charge is -2.10. The molecule has 0 spiro atoms. The normalized spacial score (nSPS) is 10.7. The number of aryl methyl sites for hydroxylation is 1. The number of nitrogens with zero attached hydrogens (tertiary/aromatic N) is 3. The van der Waals surface area contributed by atoms with Crippen molar-refractivity contribution >= 4 is 11.6 Å². The van der Waals surface area contributed by atoms with Gasteiger partial charge < -0.3 is 5.32 Å². The molecule has 0 unspecified atom stereocenters. The molecule has 1 amide bonds. The van der Waals surface area contributed by atoms with Gasteiger partial charge in [0.1, 0.15) is 0 Å². The summed E-state index contributed by atoms with van der Waals surface area (Å²) < 4.78 is 1.75. The Morgan fingerprint density at radius 3 is 2.56 bits per heavy atom. The lowest BCUT2D eigenvalue weighted by molar-refractivity contribution is 0.102. The predicted molar refractivity (Wildman–Crippen MR) is 99.2 cm³/mol. The van der Waals surface area contributed by atoms with Gasteiger partial charge in [-0.05, 0) is 49.6 Å². The number of rotatable bonds is 5. The minimum Gasteiger partial charge on any atom is -0.320 e. The zero-order valence-corrected chi connectivity index (χ0v) is 14.8. The lowest BCUT2D eigenvalue weighted by atomic mass is 10.1. The van der Waals surface area contributed by atoms with Crippen LogP contribution in [0.4, 0.5) is 5.69 Å². The van der Waals surface area contributed by atoms with Crippen molar-refractivity contribution < 1.29 is 4.79 Å². The van der Waals surface area contributed by atoms with E-state index in [-0.39, 0.29) is 5.91 Å². The van der Waals surface area contributed by atoms with Crippen molar-refractivity contribution in [3.8, 4) is 5.69 Å². The van der Waals surface area contributed by atoms with Crippen LogP contribution >= 0.6 is 0 Å². The van der Waals surface area contributed by atoms with Crippen molar-refractivity contribution in [1.82, 2.24) is 15.0 Å². The third-order valence-electron chi connectivity index (χ3n) is 4.32. The number of nitrogens with one attached hydrogen (secondary N) is 1. The zero-order chi connectivity index (χ0) is 17.8. The van der Waals surface area contributed by atoms with Gasteiger partial charge in [-0.25, -0.2) is 4.68 Å². The van der Waals surface area contributed by atoms with Crippen LogP contribution in [0.5, 0.6) is 0 Å². The minimum absolute atomic E-state index is 0.223. The van der Waals surface area contributed by atoms with Gasteiger partial charge in [0.25, 0.3) is 5.91 Å². The Labute approximate surface area is 147 Å². The molecule has 0 bridgehead atoms. The van der Waals surface area contributed by atoms with Crippen molar-refractivity contribution in [2.24, 2.45) is 0 Å². The molecule has 3 rings (SSSR count). The summed E-state index contributed by atoms with van der Waals surface area (Å²) in [6.45, 7) is 6.10. The Hall–Kier alpha value is -2.95. The maximum Gasteiger partial charge on any atom is 0.278 e. The summed E-state index contributed by atoms with van der Waals surface area (Å²) in [6.07, 6.45) is 1.64. The van der Waals surface area contributed by atoms with Gasteiger partial charge in [-0.3, -0.25) is 4.79 Å². The molecule has 0 saturated carbocycles. The molecule has 0 aliphatic rings. The third-order valence-corrected chi connectivity index (χ3v) is 4.32. The summed E-state index contributed by atoms with van der Waals surface area (Å²) in [5.41, 5.74) is 5.12. The SMILES string of the molecule is CCCc1c(C(=O)Nc2cccc(C)c2C)nnn1-c1ccccc1. The molecule has 3 aromatic rings. The molecular weight excluding hydrogens is 312 g/mol. The predicted octanol–water partition coefficient (Wildman–Crippen LogP) is 4.09. The summed E-state index contributed by atoms with van der Waals surface area (Å²) in [5, 5.41) is 11.3. The van der Waals surface area contributed by atoms with Gasteiger partial charge in [0.05, 0.1) is 11.4 Å². The number of benzene rings is 2. The van der Waals surface area contributed by atoms with E-state index in [4.69, 9.17) is 0 Å². The maximum absolute atomic E-state index is 12.8. The van der Waals surface area contributed by atoms with Crippen LogP contribution in [0.3, 0.4) is 0 Å². The first kappa shape index (κ1) is 16.9. The summed E-state index contributed by atoms with van der Waals surface area (Å²) in [4.78, 5) is 12.8. The van der Waals surface area contributed by atoms with Gasteiger partial charge in [0.15, 0.2) is 5.69 Å². The number of hydrogen-bond donors (Lipinski definition) is 1. The highest BCUT2D eigenvalue weighted by atomic mass is 16.2. The Bertz CT molecular complexity index is 884. The van der Waals surface area contributed by atoms with Crippen LogP contribution in [-0.4, -0.2) is 20.9 Å². The molecule has 5 nitrogen and oxygen atoms in total. The second-order valence-corrected chi connectivity index (χ2v) is 6.08. The molecule has 0 atom stereocenters. The average Bonchev–Trinajstić information content (AvgIpc) is 3.04. The number of carbonyl (C=O) groups is 1.